The van der Waals surface area contributed by atoms with E-state index in [4.69, 9.17) is 0 Å². The van der Waals surface area contributed by atoms with Gasteiger partial charge in [-0.25, -0.2) is 0 Å². The largest absolute Gasteiger partial charge is 0.501 e. The lowest BCUT2D eigenvalue weighted by atomic mass is 10.3. The number of ketones is 1. The minimum absolute atomic E-state index is 0.0627. The van der Waals surface area contributed by atoms with Crippen LogP contribution in [0.5, 0.6) is 0 Å². The Bertz CT molecular complexity index is 181. The molecule has 0 amide bonds. The van der Waals surface area contributed by atoms with Gasteiger partial charge in [0.15, 0.2) is 0 Å². The average molecular weight is 168 g/mol. The maximum atomic E-state index is 11.5. The highest BCUT2D eigenvalue weighted by molar-refractivity contribution is 5.94. The van der Waals surface area contributed by atoms with Crippen molar-refractivity contribution in [2.24, 2.45) is 0 Å². The monoisotopic (exact) mass is 168 g/mol. The van der Waals surface area contributed by atoms with Crippen molar-refractivity contribution in [3.05, 3.63) is 11.8 Å². The van der Waals surface area contributed by atoms with E-state index in [9.17, 15) is 18.0 Å². The van der Waals surface area contributed by atoms with Crippen LogP contribution in [0, 0.1) is 0 Å². The summed E-state index contributed by atoms with van der Waals surface area (Å²) in [5.74, 6) is -1.97. The topological polar surface area (TPSA) is 26.3 Å². The van der Waals surface area contributed by atoms with Gasteiger partial charge >= 0.3 is 6.18 Å². The minimum Gasteiger partial charge on any atom is -0.501 e. The molecule has 0 heterocycles. The van der Waals surface area contributed by atoms with Crippen molar-refractivity contribution in [3.63, 3.8) is 0 Å². The molecule has 0 aliphatic rings. The quantitative estimate of drug-likeness (QED) is 0.463. The van der Waals surface area contributed by atoms with Gasteiger partial charge in [0.05, 0.1) is 12.9 Å². The van der Waals surface area contributed by atoms with E-state index in [2.05, 4.69) is 4.74 Å². The Morgan fingerprint density at radius 1 is 1.45 bits per heavy atom. The molecular formula is C6H7F3O2. The molecule has 0 radical (unpaired) electrons. The molecule has 0 aromatic carbocycles. The number of carbonyl (C=O) groups is 1. The normalized spacial score (nSPS) is 13.0. The molecule has 0 rings (SSSR count). The number of rotatable bonds is 2. The van der Waals surface area contributed by atoms with Crippen molar-refractivity contribution in [1.29, 1.82) is 0 Å². The zero-order chi connectivity index (χ0) is 9.07. The number of carbonyl (C=O) groups excluding carboxylic acids is 1. The lowest BCUT2D eigenvalue weighted by Gasteiger charge is -2.01. The highest BCUT2D eigenvalue weighted by atomic mass is 19.4. The van der Waals surface area contributed by atoms with Gasteiger partial charge in [0.25, 0.3) is 5.78 Å². The summed E-state index contributed by atoms with van der Waals surface area (Å²) >= 11 is 0. The molecule has 0 aliphatic carbocycles. The standard InChI is InChI=1S/C6H7F3O2/c1-4(11-2)3-5(10)6(7,8)9/h3H,1-2H3/b4-3-. The van der Waals surface area contributed by atoms with E-state index in [1.807, 2.05) is 0 Å². The lowest BCUT2D eigenvalue weighted by Crippen LogP contribution is -2.20. The average Bonchev–Trinajstić information content (AvgIpc) is 1.85. The number of methoxy groups -OCH3 is 1. The van der Waals surface area contributed by atoms with Gasteiger partial charge < -0.3 is 4.74 Å². The summed E-state index contributed by atoms with van der Waals surface area (Å²) in [7, 11) is 1.19. The number of halogens is 3. The van der Waals surface area contributed by atoms with E-state index in [0.717, 1.165) is 0 Å². The van der Waals surface area contributed by atoms with Crippen molar-refractivity contribution >= 4 is 5.78 Å². The fraction of sp³-hybridized carbons (Fsp3) is 0.500. The third kappa shape index (κ3) is 3.64. The van der Waals surface area contributed by atoms with Crippen LogP contribution < -0.4 is 0 Å². The van der Waals surface area contributed by atoms with Gasteiger partial charge in [-0.05, 0) is 6.92 Å². The maximum absolute atomic E-state index is 11.5. The van der Waals surface area contributed by atoms with Crippen LogP contribution in [-0.2, 0) is 9.53 Å². The van der Waals surface area contributed by atoms with Crippen LogP contribution in [0.2, 0.25) is 0 Å². The molecule has 0 N–H and O–H groups in total. The first-order valence-corrected chi connectivity index (χ1v) is 2.71. The third-order valence-corrected chi connectivity index (χ3v) is 0.936. The number of hydrogen-bond acceptors (Lipinski definition) is 2. The van der Waals surface area contributed by atoms with Crippen molar-refractivity contribution in [2.75, 3.05) is 7.11 Å². The van der Waals surface area contributed by atoms with Gasteiger partial charge in [-0.2, -0.15) is 13.2 Å². The summed E-state index contributed by atoms with van der Waals surface area (Å²) in [5.41, 5.74) is 0. The molecule has 0 saturated carbocycles. The van der Waals surface area contributed by atoms with E-state index in [1.165, 1.54) is 14.0 Å². The Balaban J connectivity index is 4.30. The zero-order valence-corrected chi connectivity index (χ0v) is 6.03. The Kier molecular flexibility index (Phi) is 3.10. The summed E-state index contributed by atoms with van der Waals surface area (Å²) in [5, 5.41) is 0. The molecule has 0 atom stereocenters. The first-order chi connectivity index (χ1) is 4.88. The Morgan fingerprint density at radius 2 is 1.91 bits per heavy atom. The van der Waals surface area contributed by atoms with Crippen molar-refractivity contribution in [3.8, 4) is 0 Å². The molecule has 0 aromatic rings. The molecule has 64 valence electrons. The van der Waals surface area contributed by atoms with Crippen LogP contribution in [0.1, 0.15) is 6.92 Å². The molecule has 0 spiro atoms. The van der Waals surface area contributed by atoms with Gasteiger partial charge in [-0.15, -0.1) is 0 Å². The number of allylic oxidation sites excluding steroid dienone is 2. The first-order valence-electron chi connectivity index (χ1n) is 2.71. The fourth-order valence-electron chi connectivity index (χ4n) is 0.325. The molecule has 0 saturated heterocycles. The van der Waals surface area contributed by atoms with Crippen LogP contribution in [0.25, 0.3) is 0 Å². The van der Waals surface area contributed by atoms with Crippen LogP contribution >= 0.6 is 0 Å². The molecule has 0 bridgehead atoms. The third-order valence-electron chi connectivity index (χ3n) is 0.936. The number of ether oxygens (including phenoxy) is 1. The molecule has 5 heteroatoms. The molecule has 0 unspecified atom stereocenters. The smallest absolute Gasteiger partial charge is 0.454 e. The molecule has 0 fully saturated rings. The predicted octanol–water partition coefficient (Wildman–Crippen LogP) is 1.67. The van der Waals surface area contributed by atoms with E-state index in [-0.39, 0.29) is 5.76 Å². The summed E-state index contributed by atoms with van der Waals surface area (Å²) in [6, 6.07) is 0. The second-order valence-electron chi connectivity index (χ2n) is 1.82. The van der Waals surface area contributed by atoms with Crippen LogP contribution in [-0.4, -0.2) is 19.1 Å². The second-order valence-corrected chi connectivity index (χ2v) is 1.82. The summed E-state index contributed by atoms with van der Waals surface area (Å²) in [6.45, 7) is 1.27. The predicted molar refractivity (Wildman–Crippen MR) is 31.8 cm³/mol. The maximum Gasteiger partial charge on any atom is 0.454 e. The van der Waals surface area contributed by atoms with Crippen LogP contribution in [0.4, 0.5) is 13.2 Å². The van der Waals surface area contributed by atoms with Gasteiger partial charge in [0.2, 0.25) is 0 Å². The lowest BCUT2D eigenvalue weighted by molar-refractivity contribution is -0.165. The SMILES string of the molecule is CO/C(C)=C\C(=O)C(F)(F)F. The van der Waals surface area contributed by atoms with Crippen LogP contribution in [0.3, 0.4) is 0 Å². The van der Waals surface area contributed by atoms with Gasteiger partial charge in [-0.1, -0.05) is 0 Å². The molecule has 11 heavy (non-hydrogen) atoms. The van der Waals surface area contributed by atoms with E-state index >= 15 is 0 Å². The zero-order valence-electron chi connectivity index (χ0n) is 6.03. The highest BCUT2D eigenvalue weighted by Crippen LogP contribution is 2.17. The Morgan fingerprint density at radius 3 is 2.18 bits per heavy atom. The van der Waals surface area contributed by atoms with Crippen molar-refractivity contribution in [1.82, 2.24) is 0 Å². The van der Waals surface area contributed by atoms with E-state index in [0.29, 0.717) is 6.08 Å². The minimum atomic E-state index is -4.81. The molecule has 2 nitrogen and oxygen atoms in total. The highest BCUT2D eigenvalue weighted by Gasteiger charge is 2.36. The van der Waals surface area contributed by atoms with Gasteiger partial charge in [-0.3, -0.25) is 4.79 Å². The van der Waals surface area contributed by atoms with Gasteiger partial charge in [0.1, 0.15) is 0 Å². The molecular weight excluding hydrogens is 161 g/mol. The summed E-state index contributed by atoms with van der Waals surface area (Å²) < 4.78 is 38.8. The fourth-order valence-corrected chi connectivity index (χ4v) is 0.325. The van der Waals surface area contributed by atoms with E-state index < -0.39 is 12.0 Å². The Labute approximate surface area is 61.6 Å². The van der Waals surface area contributed by atoms with E-state index in [1.54, 1.807) is 0 Å². The van der Waals surface area contributed by atoms with Crippen LogP contribution in [0.15, 0.2) is 11.8 Å². The van der Waals surface area contributed by atoms with Gasteiger partial charge in [0, 0.05) is 6.08 Å². The van der Waals surface area contributed by atoms with Crippen molar-refractivity contribution < 1.29 is 22.7 Å². The Hall–Kier alpha value is -1.00. The summed E-state index contributed by atoms with van der Waals surface area (Å²) in [4.78, 5) is 10.2. The molecule has 0 aliphatic heterocycles. The van der Waals surface area contributed by atoms with Crippen molar-refractivity contribution in [2.45, 2.75) is 13.1 Å². The second kappa shape index (κ2) is 3.41. The number of hydrogen-bond donors (Lipinski definition) is 0. The molecule has 0 aromatic heterocycles. The summed E-state index contributed by atoms with van der Waals surface area (Å²) in [6.07, 6.45) is -4.40. The number of alkyl halides is 3. The first kappa shape index (κ1) is 10.0.